The number of sulfonamides is 1. The number of nitrogens with one attached hydrogen (secondary N) is 1. The van der Waals surface area contributed by atoms with Crippen LogP contribution in [0.5, 0.6) is 5.75 Å². The first-order valence-electron chi connectivity index (χ1n) is 12.4. The van der Waals surface area contributed by atoms with Crippen molar-refractivity contribution in [3.63, 3.8) is 0 Å². The number of rotatable bonds is 7. The van der Waals surface area contributed by atoms with E-state index in [9.17, 15) is 13.2 Å². The summed E-state index contributed by atoms with van der Waals surface area (Å²) in [7, 11) is -2.23. The summed E-state index contributed by atoms with van der Waals surface area (Å²) < 4.78 is 38.2. The minimum Gasteiger partial charge on any atom is -0.495 e. The molecule has 5 rings (SSSR count). The molecule has 2 aliphatic heterocycles. The zero-order valence-electron chi connectivity index (χ0n) is 20.9. The van der Waals surface area contributed by atoms with E-state index in [0.29, 0.717) is 43.3 Å². The van der Waals surface area contributed by atoms with E-state index in [1.165, 1.54) is 34.8 Å². The minimum absolute atomic E-state index is 0.0997. The van der Waals surface area contributed by atoms with E-state index in [4.69, 9.17) is 9.47 Å². The van der Waals surface area contributed by atoms with Crippen molar-refractivity contribution in [3.8, 4) is 5.75 Å². The lowest BCUT2D eigenvalue weighted by Gasteiger charge is -2.31. The number of hydrogen-bond donors (Lipinski definition) is 1. The summed E-state index contributed by atoms with van der Waals surface area (Å²) in [5, 5.41) is 2.83. The summed E-state index contributed by atoms with van der Waals surface area (Å²) in [6, 6.07) is 20.5. The largest absolute Gasteiger partial charge is 0.495 e. The van der Waals surface area contributed by atoms with E-state index in [1.54, 1.807) is 18.2 Å². The second kappa shape index (κ2) is 10.9. The third kappa shape index (κ3) is 5.49. The molecular weight excluding hydrogens is 490 g/mol. The van der Waals surface area contributed by atoms with Crippen molar-refractivity contribution in [2.75, 3.05) is 50.2 Å². The third-order valence-corrected chi connectivity index (χ3v) is 8.72. The van der Waals surface area contributed by atoms with Crippen LogP contribution in [0.1, 0.15) is 27.9 Å². The van der Waals surface area contributed by atoms with E-state index in [2.05, 4.69) is 34.5 Å². The molecule has 0 spiro atoms. The Morgan fingerprint density at radius 1 is 1.00 bits per heavy atom. The van der Waals surface area contributed by atoms with Gasteiger partial charge < -0.3 is 19.7 Å². The highest BCUT2D eigenvalue weighted by Crippen LogP contribution is 2.30. The van der Waals surface area contributed by atoms with E-state index >= 15 is 0 Å². The highest BCUT2D eigenvalue weighted by Gasteiger charge is 2.27. The van der Waals surface area contributed by atoms with Gasteiger partial charge in [-0.1, -0.05) is 30.3 Å². The summed E-state index contributed by atoms with van der Waals surface area (Å²) in [6.07, 6.45) is 2.23. The Labute approximate surface area is 217 Å². The maximum atomic E-state index is 13.1. The lowest BCUT2D eigenvalue weighted by atomic mass is 10.0. The number of fused-ring (bicyclic) bond motifs is 1. The molecule has 0 aliphatic carbocycles. The number of ether oxygens (including phenoxy) is 2. The maximum absolute atomic E-state index is 13.1. The summed E-state index contributed by atoms with van der Waals surface area (Å²) >= 11 is 0. The van der Waals surface area contributed by atoms with Crippen molar-refractivity contribution in [3.05, 3.63) is 83.4 Å². The van der Waals surface area contributed by atoms with Crippen molar-refractivity contribution < 1.29 is 22.7 Å². The van der Waals surface area contributed by atoms with Crippen molar-refractivity contribution in [1.82, 2.24) is 4.31 Å². The number of morpholine rings is 1. The zero-order valence-corrected chi connectivity index (χ0v) is 21.7. The first-order chi connectivity index (χ1) is 18.0. The normalized spacial score (nSPS) is 16.2. The number of hydrogen-bond acceptors (Lipinski definition) is 6. The van der Waals surface area contributed by atoms with Crippen LogP contribution in [-0.2, 0) is 27.7 Å². The standard InChI is InChI=1S/C28H31N3O5S/c1-35-27-13-12-24(37(33,34)31-15-17-36-18-16-31)19-25(27)29-28(32)23-10-8-21(9-11-23)20-30-14-4-6-22-5-2-3-7-26(22)30/h2-3,5,7-13,19H,4,6,14-18,20H2,1H3,(H,29,32). The lowest BCUT2D eigenvalue weighted by Crippen LogP contribution is -2.40. The van der Waals surface area contributed by atoms with Gasteiger partial charge in [-0.15, -0.1) is 0 Å². The van der Waals surface area contributed by atoms with Crippen LogP contribution in [0.15, 0.2) is 71.6 Å². The molecule has 1 N–H and O–H groups in total. The minimum atomic E-state index is -3.71. The SMILES string of the molecule is COc1ccc(S(=O)(=O)N2CCOCC2)cc1NC(=O)c1ccc(CN2CCCc3ccccc32)cc1. The quantitative estimate of drug-likeness (QED) is 0.507. The Kier molecular flexibility index (Phi) is 7.45. The van der Waals surface area contributed by atoms with E-state index in [1.807, 2.05) is 12.1 Å². The van der Waals surface area contributed by atoms with Gasteiger partial charge in [-0.3, -0.25) is 4.79 Å². The highest BCUT2D eigenvalue weighted by atomic mass is 32.2. The molecule has 1 amide bonds. The smallest absolute Gasteiger partial charge is 0.255 e. The molecule has 3 aromatic carbocycles. The van der Waals surface area contributed by atoms with Crippen LogP contribution < -0.4 is 15.0 Å². The van der Waals surface area contributed by atoms with E-state index < -0.39 is 10.0 Å². The molecule has 194 valence electrons. The van der Waals surface area contributed by atoms with Gasteiger partial charge in [0, 0.05) is 37.4 Å². The Morgan fingerprint density at radius 3 is 2.51 bits per heavy atom. The third-order valence-electron chi connectivity index (χ3n) is 6.82. The average molecular weight is 522 g/mol. The average Bonchev–Trinajstić information content (AvgIpc) is 2.94. The number of anilines is 2. The lowest BCUT2D eigenvalue weighted by molar-refractivity contribution is 0.0730. The first kappa shape index (κ1) is 25.3. The molecule has 9 heteroatoms. The van der Waals surface area contributed by atoms with Gasteiger partial charge in [0.25, 0.3) is 5.91 Å². The molecule has 0 unspecified atom stereocenters. The number of carbonyl (C=O) groups is 1. The van der Waals surface area contributed by atoms with Gasteiger partial charge in [-0.2, -0.15) is 4.31 Å². The fraction of sp³-hybridized carbons (Fsp3) is 0.321. The Bertz CT molecular complexity index is 1370. The highest BCUT2D eigenvalue weighted by molar-refractivity contribution is 7.89. The number of aryl methyl sites for hydroxylation is 1. The molecule has 1 fully saturated rings. The van der Waals surface area contributed by atoms with Crippen LogP contribution in [0.2, 0.25) is 0 Å². The van der Waals surface area contributed by atoms with E-state index in [-0.39, 0.29) is 10.8 Å². The van der Waals surface area contributed by atoms with Gasteiger partial charge in [0.15, 0.2) is 0 Å². The van der Waals surface area contributed by atoms with Gasteiger partial charge in [0.1, 0.15) is 5.75 Å². The molecule has 8 nitrogen and oxygen atoms in total. The number of carbonyl (C=O) groups excluding carboxylic acids is 1. The fourth-order valence-electron chi connectivity index (χ4n) is 4.83. The van der Waals surface area contributed by atoms with Crippen molar-refractivity contribution in [2.45, 2.75) is 24.3 Å². The zero-order chi connectivity index (χ0) is 25.8. The van der Waals surface area contributed by atoms with Crippen LogP contribution in [0.4, 0.5) is 11.4 Å². The molecule has 0 saturated carbocycles. The predicted molar refractivity (Wildman–Crippen MR) is 143 cm³/mol. The molecule has 0 aromatic heterocycles. The molecule has 0 bridgehead atoms. The van der Waals surface area contributed by atoms with Crippen molar-refractivity contribution in [1.29, 1.82) is 0 Å². The van der Waals surface area contributed by atoms with Crippen LogP contribution in [0, 0.1) is 0 Å². The van der Waals surface area contributed by atoms with Gasteiger partial charge in [-0.05, 0) is 60.4 Å². The van der Waals surface area contributed by atoms with Gasteiger partial charge in [0.05, 0.1) is 30.9 Å². The fourth-order valence-corrected chi connectivity index (χ4v) is 6.27. The van der Waals surface area contributed by atoms with Gasteiger partial charge >= 0.3 is 0 Å². The number of nitrogens with zero attached hydrogens (tertiary/aromatic N) is 2. The number of benzene rings is 3. The van der Waals surface area contributed by atoms with Gasteiger partial charge in [-0.25, -0.2) is 8.42 Å². The number of amides is 1. The van der Waals surface area contributed by atoms with Crippen LogP contribution in [0.3, 0.4) is 0 Å². The molecule has 0 atom stereocenters. The first-order valence-corrected chi connectivity index (χ1v) is 13.9. The molecule has 2 aliphatic rings. The topological polar surface area (TPSA) is 88.2 Å². The second-order valence-electron chi connectivity index (χ2n) is 9.18. The van der Waals surface area contributed by atoms with E-state index in [0.717, 1.165) is 31.5 Å². The molecule has 3 aromatic rings. The van der Waals surface area contributed by atoms with Crippen LogP contribution >= 0.6 is 0 Å². The molecule has 2 heterocycles. The van der Waals surface area contributed by atoms with Crippen molar-refractivity contribution in [2.24, 2.45) is 0 Å². The molecule has 0 radical (unpaired) electrons. The molecule has 37 heavy (non-hydrogen) atoms. The summed E-state index contributed by atoms with van der Waals surface area (Å²) in [5.74, 6) is 0.0451. The maximum Gasteiger partial charge on any atom is 0.255 e. The summed E-state index contributed by atoms with van der Waals surface area (Å²) in [5.41, 5.74) is 4.54. The van der Waals surface area contributed by atoms with Crippen LogP contribution in [0.25, 0.3) is 0 Å². The second-order valence-corrected chi connectivity index (χ2v) is 11.1. The Balaban J connectivity index is 1.30. The molecule has 1 saturated heterocycles. The number of methoxy groups -OCH3 is 1. The van der Waals surface area contributed by atoms with Crippen molar-refractivity contribution >= 4 is 27.3 Å². The Morgan fingerprint density at radius 2 is 1.76 bits per heavy atom. The van der Waals surface area contributed by atoms with Crippen LogP contribution in [-0.4, -0.2) is 58.6 Å². The Hall–Kier alpha value is -3.40. The monoisotopic (exact) mass is 521 g/mol. The van der Waals surface area contributed by atoms with Gasteiger partial charge in [0.2, 0.25) is 10.0 Å². The predicted octanol–water partition coefficient (Wildman–Crippen LogP) is 3.92. The number of para-hydroxylation sites is 1. The molecular formula is C28H31N3O5S. The summed E-state index contributed by atoms with van der Waals surface area (Å²) in [6.45, 7) is 3.09. The summed E-state index contributed by atoms with van der Waals surface area (Å²) in [4.78, 5) is 15.5.